The summed E-state index contributed by atoms with van der Waals surface area (Å²) < 4.78 is 1.06. The SMILES string of the molecule is CCC(CC)N(C)c1ccncc1Br. The van der Waals surface area contributed by atoms with E-state index in [1.807, 2.05) is 18.5 Å². The van der Waals surface area contributed by atoms with Crippen LogP contribution in [0.5, 0.6) is 0 Å². The van der Waals surface area contributed by atoms with Crippen LogP contribution in [0.3, 0.4) is 0 Å². The fraction of sp³-hybridized carbons (Fsp3) is 0.545. The van der Waals surface area contributed by atoms with Crippen LogP contribution in [0.4, 0.5) is 5.69 Å². The molecule has 0 bridgehead atoms. The number of rotatable bonds is 4. The summed E-state index contributed by atoms with van der Waals surface area (Å²) >= 11 is 3.52. The standard InChI is InChI=1S/C11H17BrN2/c1-4-9(5-2)14(3)11-6-7-13-8-10(11)12/h6-9H,4-5H2,1-3H3. The number of halogens is 1. The molecule has 0 fully saturated rings. The van der Waals surface area contributed by atoms with E-state index in [1.165, 1.54) is 18.5 Å². The normalized spacial score (nSPS) is 10.6. The Labute approximate surface area is 94.5 Å². The number of aromatic nitrogens is 1. The van der Waals surface area contributed by atoms with Gasteiger partial charge in [0.15, 0.2) is 0 Å². The molecule has 1 heterocycles. The lowest BCUT2D eigenvalue weighted by Gasteiger charge is -2.29. The van der Waals surface area contributed by atoms with Crippen LogP contribution in [0, 0.1) is 0 Å². The Hall–Kier alpha value is -0.570. The zero-order valence-electron chi connectivity index (χ0n) is 9.00. The highest BCUT2D eigenvalue weighted by Gasteiger charge is 2.12. The molecule has 0 aromatic carbocycles. The maximum absolute atomic E-state index is 4.06. The molecule has 0 spiro atoms. The van der Waals surface area contributed by atoms with Gasteiger partial charge in [0.05, 0.1) is 10.2 Å². The van der Waals surface area contributed by atoms with Gasteiger partial charge in [-0.2, -0.15) is 0 Å². The van der Waals surface area contributed by atoms with Crippen LogP contribution in [-0.2, 0) is 0 Å². The molecule has 14 heavy (non-hydrogen) atoms. The van der Waals surface area contributed by atoms with Crippen LogP contribution in [0.15, 0.2) is 22.9 Å². The monoisotopic (exact) mass is 256 g/mol. The first kappa shape index (κ1) is 11.5. The predicted molar refractivity (Wildman–Crippen MR) is 64.7 cm³/mol. The van der Waals surface area contributed by atoms with E-state index in [4.69, 9.17) is 0 Å². The number of nitrogens with zero attached hydrogens (tertiary/aromatic N) is 2. The van der Waals surface area contributed by atoms with Crippen LogP contribution >= 0.6 is 15.9 Å². The first-order valence-corrected chi connectivity index (χ1v) is 5.82. The number of anilines is 1. The van der Waals surface area contributed by atoms with Crippen LogP contribution in [0.25, 0.3) is 0 Å². The molecule has 0 unspecified atom stereocenters. The topological polar surface area (TPSA) is 16.1 Å². The molecule has 0 radical (unpaired) electrons. The third-order valence-electron chi connectivity index (χ3n) is 2.62. The average molecular weight is 257 g/mol. The second-order valence-electron chi connectivity index (χ2n) is 3.41. The van der Waals surface area contributed by atoms with Crippen molar-refractivity contribution < 1.29 is 0 Å². The maximum atomic E-state index is 4.06. The minimum absolute atomic E-state index is 0.605. The first-order valence-electron chi connectivity index (χ1n) is 5.03. The zero-order valence-corrected chi connectivity index (χ0v) is 10.6. The Morgan fingerprint density at radius 2 is 2.07 bits per heavy atom. The van der Waals surface area contributed by atoms with Gasteiger partial charge in [-0.3, -0.25) is 4.98 Å². The summed E-state index contributed by atoms with van der Waals surface area (Å²) in [5, 5.41) is 0. The van der Waals surface area contributed by atoms with E-state index in [0.29, 0.717) is 6.04 Å². The maximum Gasteiger partial charge on any atom is 0.0592 e. The molecule has 0 aliphatic carbocycles. The van der Waals surface area contributed by atoms with Crippen molar-refractivity contribution in [3.63, 3.8) is 0 Å². The number of pyridine rings is 1. The summed E-state index contributed by atoms with van der Waals surface area (Å²) in [7, 11) is 2.14. The largest absolute Gasteiger partial charge is 0.371 e. The second kappa shape index (κ2) is 5.35. The lowest BCUT2D eigenvalue weighted by atomic mass is 10.1. The third-order valence-corrected chi connectivity index (χ3v) is 3.23. The molecule has 1 aromatic rings. The lowest BCUT2D eigenvalue weighted by Crippen LogP contribution is -2.30. The summed E-state index contributed by atoms with van der Waals surface area (Å²) in [6.45, 7) is 4.44. The van der Waals surface area contributed by atoms with Crippen molar-refractivity contribution >= 4 is 21.6 Å². The smallest absolute Gasteiger partial charge is 0.0592 e. The first-order chi connectivity index (χ1) is 6.70. The third kappa shape index (κ3) is 2.47. The number of hydrogen-bond donors (Lipinski definition) is 0. The van der Waals surface area contributed by atoms with Gasteiger partial charge in [-0.1, -0.05) is 13.8 Å². The highest BCUT2D eigenvalue weighted by molar-refractivity contribution is 9.10. The van der Waals surface area contributed by atoms with Crippen LogP contribution in [0.2, 0.25) is 0 Å². The van der Waals surface area contributed by atoms with E-state index < -0.39 is 0 Å². The quantitative estimate of drug-likeness (QED) is 0.821. The molecule has 0 aliphatic heterocycles. The van der Waals surface area contributed by atoms with Crippen molar-refractivity contribution in [2.24, 2.45) is 0 Å². The van der Waals surface area contributed by atoms with Gasteiger partial charge in [0.1, 0.15) is 0 Å². The van der Waals surface area contributed by atoms with E-state index in [2.05, 4.69) is 46.7 Å². The van der Waals surface area contributed by atoms with Crippen molar-refractivity contribution in [3.05, 3.63) is 22.9 Å². The summed E-state index contributed by atoms with van der Waals surface area (Å²) in [5.41, 5.74) is 1.22. The van der Waals surface area contributed by atoms with Gasteiger partial charge < -0.3 is 4.90 Å². The van der Waals surface area contributed by atoms with Gasteiger partial charge in [-0.05, 0) is 34.8 Å². The highest BCUT2D eigenvalue weighted by Crippen LogP contribution is 2.26. The van der Waals surface area contributed by atoms with Crippen molar-refractivity contribution in [1.82, 2.24) is 4.98 Å². The molecule has 0 saturated carbocycles. The van der Waals surface area contributed by atoms with Crippen molar-refractivity contribution in [3.8, 4) is 0 Å². The Bertz CT molecular complexity index is 284. The van der Waals surface area contributed by atoms with E-state index in [1.54, 1.807) is 0 Å². The molecular formula is C11H17BrN2. The van der Waals surface area contributed by atoms with E-state index in [9.17, 15) is 0 Å². The average Bonchev–Trinajstić information content (AvgIpc) is 2.20. The second-order valence-corrected chi connectivity index (χ2v) is 4.26. The molecule has 3 heteroatoms. The van der Waals surface area contributed by atoms with Gasteiger partial charge in [0.25, 0.3) is 0 Å². The molecule has 0 atom stereocenters. The molecule has 2 nitrogen and oxygen atoms in total. The molecule has 78 valence electrons. The molecule has 1 aromatic heterocycles. The summed E-state index contributed by atoms with van der Waals surface area (Å²) in [6.07, 6.45) is 6.01. The number of hydrogen-bond acceptors (Lipinski definition) is 2. The molecule has 0 amide bonds. The molecule has 1 rings (SSSR count). The van der Waals surface area contributed by atoms with Crippen LogP contribution < -0.4 is 4.90 Å². The van der Waals surface area contributed by atoms with Gasteiger partial charge in [-0.15, -0.1) is 0 Å². The molecule has 0 N–H and O–H groups in total. The Kier molecular flexibility index (Phi) is 4.39. The fourth-order valence-electron chi connectivity index (χ4n) is 1.69. The molecular weight excluding hydrogens is 240 g/mol. The van der Waals surface area contributed by atoms with Gasteiger partial charge >= 0.3 is 0 Å². The fourth-order valence-corrected chi connectivity index (χ4v) is 2.22. The van der Waals surface area contributed by atoms with Crippen molar-refractivity contribution in [2.45, 2.75) is 32.7 Å². The van der Waals surface area contributed by atoms with Crippen molar-refractivity contribution in [2.75, 3.05) is 11.9 Å². The summed E-state index contributed by atoms with van der Waals surface area (Å²) in [5.74, 6) is 0. The van der Waals surface area contributed by atoms with Crippen LogP contribution in [0.1, 0.15) is 26.7 Å². The van der Waals surface area contributed by atoms with Gasteiger partial charge in [-0.25, -0.2) is 0 Å². The predicted octanol–water partition coefficient (Wildman–Crippen LogP) is 3.47. The minimum Gasteiger partial charge on any atom is -0.371 e. The summed E-state index contributed by atoms with van der Waals surface area (Å²) in [6, 6.07) is 2.65. The molecule has 0 aliphatic rings. The Balaban J connectivity index is 2.88. The Morgan fingerprint density at radius 1 is 1.43 bits per heavy atom. The Morgan fingerprint density at radius 3 is 2.57 bits per heavy atom. The van der Waals surface area contributed by atoms with E-state index in [-0.39, 0.29) is 0 Å². The zero-order chi connectivity index (χ0) is 10.6. The van der Waals surface area contributed by atoms with E-state index in [0.717, 1.165) is 4.47 Å². The van der Waals surface area contributed by atoms with Gasteiger partial charge in [0.2, 0.25) is 0 Å². The molecule has 0 saturated heterocycles. The van der Waals surface area contributed by atoms with E-state index >= 15 is 0 Å². The lowest BCUT2D eigenvalue weighted by molar-refractivity contribution is 0.591. The highest BCUT2D eigenvalue weighted by atomic mass is 79.9. The summed E-state index contributed by atoms with van der Waals surface area (Å²) in [4.78, 5) is 6.38. The van der Waals surface area contributed by atoms with Gasteiger partial charge in [0, 0.05) is 25.5 Å². The van der Waals surface area contributed by atoms with Crippen molar-refractivity contribution in [1.29, 1.82) is 0 Å². The van der Waals surface area contributed by atoms with Crippen LogP contribution in [-0.4, -0.2) is 18.1 Å². The minimum atomic E-state index is 0.605.